The Labute approximate surface area is 147 Å². The summed E-state index contributed by atoms with van der Waals surface area (Å²) in [5.74, 6) is -2.35. The van der Waals surface area contributed by atoms with Crippen LogP contribution in [-0.2, 0) is 19.9 Å². The fourth-order valence-corrected chi connectivity index (χ4v) is 3.19. The normalized spacial score (nSPS) is 21.8. The van der Waals surface area contributed by atoms with Crippen LogP contribution in [0.15, 0.2) is 36.5 Å². The lowest BCUT2D eigenvalue weighted by molar-refractivity contribution is -0.140. The number of primary amides is 1. The largest absolute Gasteiger partial charge is 0.368 e. The Kier molecular flexibility index (Phi) is 3.73. The molecule has 26 heavy (non-hydrogen) atoms. The number of aromatic nitrogens is 1. The molecule has 8 heteroatoms. The zero-order valence-corrected chi connectivity index (χ0v) is 13.6. The average Bonchev–Trinajstić information content (AvgIpc) is 3.38. The number of ether oxygens (including phenoxy) is 1. The van der Waals surface area contributed by atoms with Gasteiger partial charge in [0.25, 0.3) is 5.91 Å². The molecular formula is C18H15F2N3O3. The van der Waals surface area contributed by atoms with Crippen LogP contribution in [0.2, 0.25) is 0 Å². The van der Waals surface area contributed by atoms with Crippen LogP contribution in [0.25, 0.3) is 0 Å². The number of hydrogen-bond donors (Lipinski definition) is 1. The van der Waals surface area contributed by atoms with E-state index < -0.39 is 35.6 Å². The van der Waals surface area contributed by atoms with Gasteiger partial charge < -0.3 is 10.5 Å². The number of hydrogen-bond acceptors (Lipinski definition) is 4. The molecule has 1 saturated carbocycles. The summed E-state index contributed by atoms with van der Waals surface area (Å²) in [6.07, 6.45) is 2.28. The molecule has 0 unspecified atom stereocenters. The van der Waals surface area contributed by atoms with E-state index in [1.54, 1.807) is 0 Å². The van der Waals surface area contributed by atoms with Crippen molar-refractivity contribution in [2.24, 2.45) is 5.73 Å². The topological polar surface area (TPSA) is 85.5 Å². The molecule has 2 aromatic rings. The first kappa shape index (κ1) is 16.6. The van der Waals surface area contributed by atoms with Crippen molar-refractivity contribution in [3.63, 3.8) is 0 Å². The third-order valence-corrected chi connectivity index (χ3v) is 4.45. The van der Waals surface area contributed by atoms with Crippen molar-refractivity contribution in [2.45, 2.75) is 24.5 Å². The van der Waals surface area contributed by atoms with Gasteiger partial charge in [-0.15, -0.1) is 0 Å². The molecule has 2 heterocycles. The molecule has 2 amide bonds. The Morgan fingerprint density at radius 1 is 1.27 bits per heavy atom. The summed E-state index contributed by atoms with van der Waals surface area (Å²) < 4.78 is 33.4. The number of pyridine rings is 1. The van der Waals surface area contributed by atoms with Crippen LogP contribution in [0.5, 0.6) is 0 Å². The molecule has 1 fully saturated rings. The van der Waals surface area contributed by atoms with E-state index in [2.05, 4.69) is 4.98 Å². The van der Waals surface area contributed by atoms with Gasteiger partial charge in [0, 0.05) is 5.56 Å². The van der Waals surface area contributed by atoms with E-state index in [1.165, 1.54) is 24.3 Å². The zero-order valence-electron chi connectivity index (χ0n) is 13.6. The Bertz CT molecular complexity index is 899. The third-order valence-electron chi connectivity index (χ3n) is 4.45. The van der Waals surface area contributed by atoms with Gasteiger partial charge in [-0.2, -0.15) is 0 Å². The number of carbonyl (C=O) groups excluding carboxylic acids is 2. The van der Waals surface area contributed by atoms with Crippen molar-refractivity contribution in [1.82, 2.24) is 4.98 Å². The van der Waals surface area contributed by atoms with Gasteiger partial charge in [0.2, 0.25) is 11.5 Å². The summed E-state index contributed by atoms with van der Waals surface area (Å²) >= 11 is 0. The molecule has 0 spiro atoms. The van der Waals surface area contributed by atoms with Crippen molar-refractivity contribution in [2.75, 3.05) is 11.4 Å². The lowest BCUT2D eigenvalue weighted by Gasteiger charge is -2.29. The molecule has 0 saturated heterocycles. The third kappa shape index (κ3) is 2.53. The summed E-state index contributed by atoms with van der Waals surface area (Å²) in [5, 5.41) is 0. The summed E-state index contributed by atoms with van der Waals surface area (Å²) in [6.45, 7) is -0.415. The quantitative estimate of drug-likeness (QED) is 0.879. The highest BCUT2D eigenvalue weighted by atomic mass is 19.1. The number of amides is 2. The number of benzene rings is 1. The predicted octanol–water partition coefficient (Wildman–Crippen LogP) is 1.61. The van der Waals surface area contributed by atoms with E-state index in [9.17, 15) is 18.4 Å². The fraction of sp³-hybridized carbons (Fsp3) is 0.278. The maximum atomic E-state index is 14.0. The Balaban J connectivity index is 1.94. The SMILES string of the molecule is NC(=O)CN1C(=O)[C@](OC2CC2)(c2ccc(F)cc2)c2cc(F)cnc21. The van der Waals surface area contributed by atoms with Crippen LogP contribution in [0, 0.1) is 11.6 Å². The van der Waals surface area contributed by atoms with Gasteiger partial charge in [0.05, 0.1) is 12.3 Å². The number of nitrogens with two attached hydrogens (primary N) is 1. The second-order valence-electron chi connectivity index (χ2n) is 6.39. The maximum Gasteiger partial charge on any atom is 0.270 e. The lowest BCUT2D eigenvalue weighted by Crippen LogP contribution is -2.46. The average molecular weight is 359 g/mol. The minimum Gasteiger partial charge on any atom is -0.368 e. The van der Waals surface area contributed by atoms with Crippen LogP contribution >= 0.6 is 0 Å². The van der Waals surface area contributed by atoms with Crippen LogP contribution in [0.1, 0.15) is 24.0 Å². The van der Waals surface area contributed by atoms with Gasteiger partial charge in [0.1, 0.15) is 24.0 Å². The summed E-state index contributed by atoms with van der Waals surface area (Å²) in [7, 11) is 0. The van der Waals surface area contributed by atoms with Crippen LogP contribution < -0.4 is 10.6 Å². The standard InChI is InChI=1S/C18H15F2N3O3/c19-11-3-1-10(2-4-11)18(26-13-5-6-13)14-7-12(20)8-22-16(14)23(17(18)25)9-15(21)24/h1-4,7-8,13H,5-6,9H2,(H2,21,24)/t18-/m0/s1. The molecule has 2 N–H and O–H groups in total. The first-order valence-electron chi connectivity index (χ1n) is 8.12. The van der Waals surface area contributed by atoms with Gasteiger partial charge in [-0.1, -0.05) is 12.1 Å². The summed E-state index contributed by atoms with van der Waals surface area (Å²) in [4.78, 5) is 29.8. The minimum atomic E-state index is -1.69. The monoisotopic (exact) mass is 359 g/mol. The molecule has 1 atom stereocenters. The highest BCUT2D eigenvalue weighted by Gasteiger charge is 2.57. The molecule has 2 aliphatic rings. The van der Waals surface area contributed by atoms with Crippen molar-refractivity contribution in [1.29, 1.82) is 0 Å². The van der Waals surface area contributed by atoms with Gasteiger partial charge in [-0.05, 0) is 36.6 Å². The first-order valence-corrected chi connectivity index (χ1v) is 8.12. The van der Waals surface area contributed by atoms with Crippen LogP contribution in [0.4, 0.5) is 14.6 Å². The van der Waals surface area contributed by atoms with Crippen molar-refractivity contribution < 1.29 is 23.1 Å². The van der Waals surface area contributed by atoms with Crippen LogP contribution in [-0.4, -0.2) is 29.4 Å². The summed E-state index contributed by atoms with van der Waals surface area (Å²) in [6, 6.07) is 6.39. The lowest BCUT2D eigenvalue weighted by atomic mass is 9.87. The minimum absolute atomic E-state index is 0.111. The molecule has 1 aromatic heterocycles. The Morgan fingerprint density at radius 2 is 1.96 bits per heavy atom. The molecular weight excluding hydrogens is 344 g/mol. The van der Waals surface area contributed by atoms with Gasteiger partial charge in [-0.3, -0.25) is 14.5 Å². The van der Waals surface area contributed by atoms with E-state index in [0.29, 0.717) is 5.56 Å². The van der Waals surface area contributed by atoms with Gasteiger partial charge >= 0.3 is 0 Å². The van der Waals surface area contributed by atoms with Crippen molar-refractivity contribution in [3.05, 3.63) is 59.3 Å². The number of anilines is 1. The van der Waals surface area contributed by atoms with E-state index in [-0.39, 0.29) is 17.5 Å². The predicted molar refractivity (Wildman–Crippen MR) is 87.0 cm³/mol. The highest BCUT2D eigenvalue weighted by molar-refractivity contribution is 6.10. The van der Waals surface area contributed by atoms with Crippen molar-refractivity contribution >= 4 is 17.6 Å². The fourth-order valence-electron chi connectivity index (χ4n) is 3.19. The van der Waals surface area contributed by atoms with E-state index in [0.717, 1.165) is 30.0 Å². The Hall–Kier alpha value is -2.87. The van der Waals surface area contributed by atoms with E-state index in [1.807, 2.05) is 0 Å². The van der Waals surface area contributed by atoms with Gasteiger partial charge in [-0.25, -0.2) is 13.8 Å². The van der Waals surface area contributed by atoms with Crippen LogP contribution in [0.3, 0.4) is 0 Å². The molecule has 0 bridgehead atoms. The molecule has 4 rings (SSSR count). The van der Waals surface area contributed by atoms with E-state index >= 15 is 0 Å². The first-order chi connectivity index (χ1) is 12.4. The van der Waals surface area contributed by atoms with Crippen molar-refractivity contribution in [3.8, 4) is 0 Å². The Morgan fingerprint density at radius 3 is 2.58 bits per heavy atom. The number of carbonyl (C=O) groups is 2. The number of halogens is 2. The molecule has 6 nitrogen and oxygen atoms in total. The molecule has 1 aliphatic carbocycles. The summed E-state index contributed by atoms with van der Waals surface area (Å²) in [5.41, 5.74) is 4.10. The van der Waals surface area contributed by atoms with Gasteiger partial charge in [0.15, 0.2) is 0 Å². The number of nitrogens with zero attached hydrogens (tertiary/aromatic N) is 2. The second kappa shape index (κ2) is 5.84. The molecule has 1 aliphatic heterocycles. The number of fused-ring (bicyclic) bond motifs is 1. The number of rotatable bonds is 5. The molecule has 1 aromatic carbocycles. The smallest absolute Gasteiger partial charge is 0.270 e. The zero-order chi connectivity index (χ0) is 18.5. The molecule has 0 radical (unpaired) electrons. The second-order valence-corrected chi connectivity index (χ2v) is 6.39. The molecule has 134 valence electrons. The van der Waals surface area contributed by atoms with E-state index in [4.69, 9.17) is 10.5 Å². The highest BCUT2D eigenvalue weighted by Crippen LogP contribution is 2.49. The maximum absolute atomic E-state index is 14.0.